The van der Waals surface area contributed by atoms with Crippen molar-refractivity contribution in [1.29, 1.82) is 0 Å². The SMILES string of the molecule is COc1ccc(Nc2ncnc(Oc3ccc(Cl)c(C)c3)c2N)cc1. The Morgan fingerprint density at radius 3 is 2.44 bits per heavy atom. The van der Waals surface area contributed by atoms with E-state index in [2.05, 4.69) is 15.3 Å². The van der Waals surface area contributed by atoms with Gasteiger partial charge in [-0.05, 0) is 55.0 Å². The molecule has 0 amide bonds. The van der Waals surface area contributed by atoms with Crippen LogP contribution in [0.15, 0.2) is 48.8 Å². The van der Waals surface area contributed by atoms with E-state index < -0.39 is 0 Å². The molecule has 0 spiro atoms. The third-order valence-corrected chi connectivity index (χ3v) is 3.97. The minimum absolute atomic E-state index is 0.271. The third-order valence-electron chi connectivity index (χ3n) is 3.54. The minimum Gasteiger partial charge on any atom is -0.497 e. The standard InChI is InChI=1S/C18H17ClN4O2/c1-11-9-14(7-8-15(11)19)25-18-16(20)17(21-10-22-18)23-12-3-5-13(24-2)6-4-12/h3-10H,20H2,1-2H3,(H,21,22,23). The van der Waals surface area contributed by atoms with Gasteiger partial charge in [0.2, 0.25) is 5.88 Å². The zero-order valence-electron chi connectivity index (χ0n) is 13.8. The zero-order chi connectivity index (χ0) is 17.8. The van der Waals surface area contributed by atoms with Gasteiger partial charge in [0, 0.05) is 10.7 Å². The number of nitrogens with zero attached hydrogens (tertiary/aromatic N) is 2. The van der Waals surface area contributed by atoms with E-state index in [9.17, 15) is 0 Å². The van der Waals surface area contributed by atoms with Crippen LogP contribution in [0.3, 0.4) is 0 Å². The van der Waals surface area contributed by atoms with Crippen LogP contribution >= 0.6 is 11.6 Å². The summed E-state index contributed by atoms with van der Waals surface area (Å²) >= 11 is 6.03. The van der Waals surface area contributed by atoms with Crippen molar-refractivity contribution in [1.82, 2.24) is 9.97 Å². The molecule has 3 N–H and O–H groups in total. The van der Waals surface area contributed by atoms with Crippen molar-refractivity contribution in [2.75, 3.05) is 18.2 Å². The summed E-state index contributed by atoms with van der Waals surface area (Å²) in [6.07, 6.45) is 1.39. The first-order valence-corrected chi connectivity index (χ1v) is 7.90. The molecule has 0 atom stereocenters. The predicted octanol–water partition coefficient (Wildman–Crippen LogP) is 4.57. The molecule has 25 heavy (non-hydrogen) atoms. The van der Waals surface area contributed by atoms with E-state index in [0.29, 0.717) is 22.3 Å². The van der Waals surface area contributed by atoms with Crippen LogP contribution in [0.4, 0.5) is 17.2 Å². The monoisotopic (exact) mass is 356 g/mol. The van der Waals surface area contributed by atoms with Crippen molar-refractivity contribution in [3.05, 3.63) is 59.4 Å². The van der Waals surface area contributed by atoms with Crippen LogP contribution in [0.25, 0.3) is 0 Å². The summed E-state index contributed by atoms with van der Waals surface area (Å²) in [6.45, 7) is 1.90. The highest BCUT2D eigenvalue weighted by atomic mass is 35.5. The van der Waals surface area contributed by atoms with Crippen molar-refractivity contribution in [2.45, 2.75) is 6.92 Å². The maximum Gasteiger partial charge on any atom is 0.248 e. The molecule has 1 heterocycles. The molecule has 0 unspecified atom stereocenters. The van der Waals surface area contributed by atoms with E-state index in [1.165, 1.54) is 6.33 Å². The molecule has 3 rings (SSSR count). The quantitative estimate of drug-likeness (QED) is 0.697. The lowest BCUT2D eigenvalue weighted by atomic mass is 10.2. The number of nitrogens with one attached hydrogen (secondary N) is 1. The smallest absolute Gasteiger partial charge is 0.248 e. The van der Waals surface area contributed by atoms with Crippen LogP contribution in [0.1, 0.15) is 5.56 Å². The highest BCUT2D eigenvalue weighted by Gasteiger charge is 2.11. The fraction of sp³-hybridized carbons (Fsp3) is 0.111. The molecule has 0 saturated carbocycles. The number of halogens is 1. The average molecular weight is 357 g/mol. The molecule has 0 aliphatic carbocycles. The van der Waals surface area contributed by atoms with Crippen molar-refractivity contribution in [3.8, 4) is 17.4 Å². The molecule has 0 aliphatic rings. The molecule has 0 aliphatic heterocycles. The van der Waals surface area contributed by atoms with Gasteiger partial charge in [0.1, 0.15) is 23.5 Å². The Kier molecular flexibility index (Phi) is 4.90. The number of nitrogen functional groups attached to an aromatic ring is 1. The molecule has 0 radical (unpaired) electrons. The Hall–Kier alpha value is -2.99. The molecule has 0 fully saturated rings. The molecule has 0 saturated heterocycles. The Balaban J connectivity index is 1.82. The van der Waals surface area contributed by atoms with Gasteiger partial charge in [-0.15, -0.1) is 0 Å². The van der Waals surface area contributed by atoms with Crippen molar-refractivity contribution in [2.24, 2.45) is 0 Å². The lowest BCUT2D eigenvalue weighted by Crippen LogP contribution is -2.03. The number of nitrogens with two attached hydrogens (primary N) is 1. The van der Waals surface area contributed by atoms with Crippen molar-refractivity contribution < 1.29 is 9.47 Å². The van der Waals surface area contributed by atoms with Crippen molar-refractivity contribution in [3.63, 3.8) is 0 Å². The molecule has 7 heteroatoms. The maximum absolute atomic E-state index is 6.14. The van der Waals surface area contributed by atoms with E-state index in [-0.39, 0.29) is 5.88 Å². The van der Waals surface area contributed by atoms with E-state index in [1.807, 2.05) is 37.3 Å². The average Bonchev–Trinajstić information content (AvgIpc) is 2.62. The molecular formula is C18H17ClN4O2. The largest absolute Gasteiger partial charge is 0.497 e. The van der Waals surface area contributed by atoms with Gasteiger partial charge < -0.3 is 20.5 Å². The highest BCUT2D eigenvalue weighted by Crippen LogP contribution is 2.32. The minimum atomic E-state index is 0.271. The molecule has 3 aromatic rings. The maximum atomic E-state index is 6.14. The van der Waals surface area contributed by atoms with E-state index in [1.54, 1.807) is 19.2 Å². The number of aromatic nitrogens is 2. The first-order chi connectivity index (χ1) is 12.1. The lowest BCUT2D eigenvalue weighted by Gasteiger charge is -2.12. The van der Waals surface area contributed by atoms with Gasteiger partial charge in [-0.25, -0.2) is 4.98 Å². The van der Waals surface area contributed by atoms with Gasteiger partial charge in [-0.3, -0.25) is 0 Å². The zero-order valence-corrected chi connectivity index (χ0v) is 14.5. The number of methoxy groups -OCH3 is 1. The van der Waals surface area contributed by atoms with E-state index in [0.717, 1.165) is 17.0 Å². The Labute approximate surface area is 150 Å². The number of hydrogen-bond donors (Lipinski definition) is 2. The van der Waals surface area contributed by atoms with Gasteiger partial charge in [0.05, 0.1) is 7.11 Å². The second-order valence-electron chi connectivity index (χ2n) is 5.31. The summed E-state index contributed by atoms with van der Waals surface area (Å²) in [7, 11) is 1.62. The normalized spacial score (nSPS) is 10.4. The first-order valence-electron chi connectivity index (χ1n) is 7.52. The number of aryl methyl sites for hydroxylation is 1. The molecule has 1 aromatic heterocycles. The van der Waals surface area contributed by atoms with Crippen LogP contribution in [-0.4, -0.2) is 17.1 Å². The van der Waals surface area contributed by atoms with Crippen LogP contribution in [0.5, 0.6) is 17.4 Å². The van der Waals surface area contributed by atoms with Gasteiger partial charge in [-0.2, -0.15) is 4.98 Å². The van der Waals surface area contributed by atoms with Gasteiger partial charge in [-0.1, -0.05) is 11.6 Å². The Morgan fingerprint density at radius 1 is 1.04 bits per heavy atom. The summed E-state index contributed by atoms with van der Waals surface area (Å²) in [5, 5.41) is 3.81. The molecule has 2 aromatic carbocycles. The molecule has 6 nitrogen and oxygen atoms in total. The summed E-state index contributed by atoms with van der Waals surface area (Å²) in [4.78, 5) is 8.27. The van der Waals surface area contributed by atoms with Crippen LogP contribution in [-0.2, 0) is 0 Å². The summed E-state index contributed by atoms with van der Waals surface area (Å²) in [6, 6.07) is 12.8. The third kappa shape index (κ3) is 3.92. The Morgan fingerprint density at radius 2 is 1.76 bits per heavy atom. The first kappa shape index (κ1) is 16.9. The summed E-state index contributed by atoms with van der Waals surface area (Å²) < 4.78 is 10.9. The van der Waals surface area contributed by atoms with Crippen molar-refractivity contribution >= 4 is 28.8 Å². The Bertz CT molecular complexity index is 885. The number of hydrogen-bond acceptors (Lipinski definition) is 6. The van der Waals surface area contributed by atoms with Gasteiger partial charge >= 0.3 is 0 Å². The molecule has 0 bridgehead atoms. The van der Waals surface area contributed by atoms with Gasteiger partial charge in [0.25, 0.3) is 0 Å². The second kappa shape index (κ2) is 7.27. The number of rotatable bonds is 5. The van der Waals surface area contributed by atoms with Crippen LogP contribution in [0, 0.1) is 6.92 Å². The fourth-order valence-electron chi connectivity index (χ4n) is 2.16. The topological polar surface area (TPSA) is 82.3 Å². The van der Waals surface area contributed by atoms with E-state index in [4.69, 9.17) is 26.8 Å². The summed E-state index contributed by atoms with van der Waals surface area (Å²) in [5.74, 6) is 2.10. The fourth-order valence-corrected chi connectivity index (χ4v) is 2.28. The predicted molar refractivity (Wildman–Crippen MR) is 99.0 cm³/mol. The van der Waals surface area contributed by atoms with Gasteiger partial charge in [0.15, 0.2) is 5.82 Å². The van der Waals surface area contributed by atoms with Crippen LogP contribution in [0.2, 0.25) is 5.02 Å². The van der Waals surface area contributed by atoms with E-state index >= 15 is 0 Å². The van der Waals surface area contributed by atoms with Crippen LogP contribution < -0.4 is 20.5 Å². The lowest BCUT2D eigenvalue weighted by molar-refractivity contribution is 0.415. The number of anilines is 3. The molecular weight excluding hydrogens is 340 g/mol. The summed E-state index contributed by atoms with van der Waals surface area (Å²) in [5.41, 5.74) is 8.18. The molecule has 128 valence electrons. The number of benzene rings is 2. The highest BCUT2D eigenvalue weighted by molar-refractivity contribution is 6.31. The second-order valence-corrected chi connectivity index (χ2v) is 5.71. The number of ether oxygens (including phenoxy) is 2.